The summed E-state index contributed by atoms with van der Waals surface area (Å²) in [5.74, 6) is 0.748. The molecule has 2 atom stereocenters. The number of nitrogens with zero attached hydrogens (tertiary/aromatic N) is 2. The summed E-state index contributed by atoms with van der Waals surface area (Å²) in [6.45, 7) is 2.16. The van der Waals surface area contributed by atoms with Gasteiger partial charge in [-0.2, -0.15) is 0 Å². The summed E-state index contributed by atoms with van der Waals surface area (Å²) in [6.07, 6.45) is 7.50. The molecule has 2 unspecified atom stereocenters. The van der Waals surface area contributed by atoms with Crippen LogP contribution < -0.4 is 0 Å². The first-order valence-electron chi connectivity index (χ1n) is 5.88. The Morgan fingerprint density at radius 3 is 2.53 bits per heavy atom. The smallest absolute Gasteiger partial charge is 0.0959 e. The van der Waals surface area contributed by atoms with Gasteiger partial charge in [-0.3, -0.25) is 0 Å². The average molecular weight is 222 g/mol. The molecule has 0 radical (unpaired) electrons. The molecule has 3 heterocycles. The van der Waals surface area contributed by atoms with Crippen molar-refractivity contribution < 1.29 is 0 Å². The highest BCUT2D eigenvalue weighted by molar-refractivity contribution is 7.11. The maximum atomic E-state index is 4.56. The Balaban J connectivity index is 1.80. The predicted molar refractivity (Wildman–Crippen MR) is 63.4 cm³/mol. The summed E-state index contributed by atoms with van der Waals surface area (Å²) >= 11 is 1.90. The van der Waals surface area contributed by atoms with Crippen LogP contribution >= 0.6 is 11.3 Å². The third kappa shape index (κ3) is 1.62. The molecule has 2 nitrogen and oxygen atoms in total. The molecular weight excluding hydrogens is 204 g/mol. The summed E-state index contributed by atoms with van der Waals surface area (Å²) in [7, 11) is 2.30. The Morgan fingerprint density at radius 2 is 2.00 bits per heavy atom. The van der Waals surface area contributed by atoms with Crippen molar-refractivity contribution in [1.82, 2.24) is 9.88 Å². The Kier molecular flexibility index (Phi) is 2.33. The van der Waals surface area contributed by atoms with Crippen LogP contribution in [0.15, 0.2) is 6.20 Å². The van der Waals surface area contributed by atoms with Gasteiger partial charge in [0.15, 0.2) is 0 Å². The molecule has 0 aromatic carbocycles. The second-order valence-electron chi connectivity index (χ2n) is 5.03. The van der Waals surface area contributed by atoms with E-state index in [9.17, 15) is 0 Å². The minimum absolute atomic E-state index is 0.748. The number of thiazole rings is 1. The van der Waals surface area contributed by atoms with Crippen LogP contribution in [0.4, 0.5) is 0 Å². The number of hydrogen-bond donors (Lipinski definition) is 0. The fourth-order valence-corrected chi connectivity index (χ4v) is 4.07. The van der Waals surface area contributed by atoms with Crippen LogP contribution in [-0.2, 0) is 0 Å². The first-order chi connectivity index (χ1) is 7.24. The molecular formula is C12H18N2S. The zero-order valence-corrected chi connectivity index (χ0v) is 10.3. The minimum Gasteiger partial charge on any atom is -0.300 e. The average Bonchev–Trinajstić information content (AvgIpc) is 2.70. The highest BCUT2D eigenvalue weighted by Crippen LogP contribution is 2.42. The maximum Gasteiger partial charge on any atom is 0.0959 e. The van der Waals surface area contributed by atoms with Crippen LogP contribution in [-0.4, -0.2) is 29.0 Å². The summed E-state index contributed by atoms with van der Waals surface area (Å²) in [5, 5.41) is 1.39. The quantitative estimate of drug-likeness (QED) is 0.726. The Bertz CT molecular complexity index is 346. The van der Waals surface area contributed by atoms with Gasteiger partial charge in [-0.15, -0.1) is 11.3 Å². The van der Waals surface area contributed by atoms with Crippen LogP contribution in [0.25, 0.3) is 0 Å². The van der Waals surface area contributed by atoms with E-state index in [-0.39, 0.29) is 0 Å². The van der Waals surface area contributed by atoms with Crippen molar-refractivity contribution in [3.05, 3.63) is 16.1 Å². The van der Waals surface area contributed by atoms with Gasteiger partial charge in [0.2, 0.25) is 0 Å². The van der Waals surface area contributed by atoms with E-state index in [0.29, 0.717) is 0 Å². The number of aromatic nitrogens is 1. The first-order valence-corrected chi connectivity index (χ1v) is 6.70. The number of aryl methyl sites for hydroxylation is 1. The van der Waals surface area contributed by atoms with Crippen LogP contribution in [0.1, 0.15) is 41.5 Å². The molecule has 1 aromatic heterocycles. The third-order valence-electron chi connectivity index (χ3n) is 4.09. The van der Waals surface area contributed by atoms with Crippen molar-refractivity contribution in [3.8, 4) is 0 Å². The van der Waals surface area contributed by atoms with Crippen LogP contribution in [0, 0.1) is 6.92 Å². The zero-order valence-electron chi connectivity index (χ0n) is 9.44. The van der Waals surface area contributed by atoms with Crippen LogP contribution in [0.5, 0.6) is 0 Å². The molecule has 0 N–H and O–H groups in total. The van der Waals surface area contributed by atoms with E-state index in [1.54, 1.807) is 0 Å². The van der Waals surface area contributed by atoms with E-state index < -0.39 is 0 Å². The molecule has 0 aliphatic carbocycles. The molecule has 3 rings (SSSR count). The second-order valence-corrected chi connectivity index (χ2v) is 6.29. The first kappa shape index (κ1) is 9.79. The van der Waals surface area contributed by atoms with E-state index in [4.69, 9.17) is 0 Å². The fraction of sp³-hybridized carbons (Fsp3) is 0.750. The highest BCUT2D eigenvalue weighted by Gasteiger charge is 2.39. The Hall–Kier alpha value is -0.410. The van der Waals surface area contributed by atoms with Crippen molar-refractivity contribution in [2.45, 2.75) is 50.6 Å². The van der Waals surface area contributed by atoms with E-state index >= 15 is 0 Å². The molecule has 1 aromatic rings. The molecule has 2 aliphatic heterocycles. The van der Waals surface area contributed by atoms with Gasteiger partial charge in [0.05, 0.1) is 5.01 Å². The number of rotatable bonds is 1. The summed E-state index contributed by atoms with van der Waals surface area (Å²) < 4.78 is 0. The van der Waals surface area contributed by atoms with E-state index in [1.165, 1.54) is 35.6 Å². The standard InChI is InChI=1S/C12H18N2S/c1-8-7-13-12(15-8)9-5-10-3-4-11(6-9)14(10)2/h7,9-11H,3-6H2,1-2H3. The number of piperidine rings is 1. The molecule has 2 fully saturated rings. The molecule has 15 heavy (non-hydrogen) atoms. The van der Waals surface area contributed by atoms with Crippen molar-refractivity contribution in [2.75, 3.05) is 7.05 Å². The Morgan fingerprint density at radius 1 is 1.33 bits per heavy atom. The molecule has 2 bridgehead atoms. The predicted octanol–water partition coefficient (Wildman–Crippen LogP) is 2.79. The summed E-state index contributed by atoms with van der Waals surface area (Å²) in [4.78, 5) is 8.51. The van der Waals surface area contributed by atoms with E-state index in [1.807, 2.05) is 17.5 Å². The third-order valence-corrected chi connectivity index (χ3v) is 5.16. The lowest BCUT2D eigenvalue weighted by Crippen LogP contribution is -2.39. The normalized spacial score (nSPS) is 36.0. The van der Waals surface area contributed by atoms with Crippen molar-refractivity contribution in [2.24, 2.45) is 0 Å². The molecule has 0 saturated carbocycles. The van der Waals surface area contributed by atoms with Crippen molar-refractivity contribution in [1.29, 1.82) is 0 Å². The Labute approximate surface area is 95.3 Å². The van der Waals surface area contributed by atoms with E-state index in [0.717, 1.165) is 18.0 Å². The molecule has 0 spiro atoms. The summed E-state index contributed by atoms with van der Waals surface area (Å²) in [5.41, 5.74) is 0. The lowest BCUT2D eigenvalue weighted by molar-refractivity contribution is 0.161. The molecule has 2 saturated heterocycles. The van der Waals surface area contributed by atoms with Gasteiger partial charge >= 0.3 is 0 Å². The van der Waals surface area contributed by atoms with Gasteiger partial charge in [-0.1, -0.05) is 0 Å². The molecule has 2 aliphatic rings. The lowest BCUT2D eigenvalue weighted by atomic mass is 9.92. The van der Waals surface area contributed by atoms with Crippen molar-refractivity contribution in [3.63, 3.8) is 0 Å². The van der Waals surface area contributed by atoms with Gasteiger partial charge in [0, 0.05) is 29.1 Å². The number of fused-ring (bicyclic) bond motifs is 2. The van der Waals surface area contributed by atoms with Gasteiger partial charge in [0.25, 0.3) is 0 Å². The molecule has 3 heteroatoms. The molecule has 82 valence electrons. The SMILES string of the molecule is Cc1cnc(C2CC3CCC(C2)N3C)s1. The van der Waals surface area contributed by atoms with Gasteiger partial charge in [0.1, 0.15) is 0 Å². The highest BCUT2D eigenvalue weighted by atomic mass is 32.1. The molecule has 0 amide bonds. The minimum atomic E-state index is 0.748. The van der Waals surface area contributed by atoms with Gasteiger partial charge in [-0.05, 0) is 39.7 Å². The fourth-order valence-electron chi connectivity index (χ4n) is 3.17. The van der Waals surface area contributed by atoms with Crippen LogP contribution in [0.2, 0.25) is 0 Å². The lowest BCUT2D eigenvalue weighted by Gasteiger charge is -2.35. The van der Waals surface area contributed by atoms with Gasteiger partial charge < -0.3 is 4.90 Å². The largest absolute Gasteiger partial charge is 0.300 e. The topological polar surface area (TPSA) is 16.1 Å². The van der Waals surface area contributed by atoms with Crippen LogP contribution in [0.3, 0.4) is 0 Å². The zero-order chi connectivity index (χ0) is 10.4. The summed E-state index contributed by atoms with van der Waals surface area (Å²) in [6, 6.07) is 1.66. The maximum absolute atomic E-state index is 4.56. The van der Waals surface area contributed by atoms with E-state index in [2.05, 4.69) is 23.9 Å². The monoisotopic (exact) mass is 222 g/mol. The van der Waals surface area contributed by atoms with Gasteiger partial charge in [-0.25, -0.2) is 4.98 Å². The number of hydrogen-bond acceptors (Lipinski definition) is 3. The van der Waals surface area contributed by atoms with Crippen molar-refractivity contribution >= 4 is 11.3 Å². The second kappa shape index (κ2) is 3.56.